The van der Waals surface area contributed by atoms with Gasteiger partial charge in [-0.1, -0.05) is 29.4 Å². The fourth-order valence-electron chi connectivity index (χ4n) is 3.55. The largest absolute Gasteiger partial charge is 0.460 e. The van der Waals surface area contributed by atoms with Crippen LogP contribution >= 0.6 is 0 Å². The molecule has 1 amide bonds. The van der Waals surface area contributed by atoms with Crippen molar-refractivity contribution in [1.82, 2.24) is 4.90 Å². The molecule has 2 rings (SSSR count). The molecule has 0 radical (unpaired) electrons. The molecule has 2 atom stereocenters. The number of oxime groups is 1. The van der Waals surface area contributed by atoms with Crippen molar-refractivity contribution in [3.8, 4) is 0 Å². The number of hydrogen-bond acceptors (Lipinski definition) is 6. The van der Waals surface area contributed by atoms with Crippen LogP contribution in [0.15, 0.2) is 29.4 Å². The molecule has 1 aromatic rings. The van der Waals surface area contributed by atoms with Gasteiger partial charge in [0.15, 0.2) is 0 Å². The van der Waals surface area contributed by atoms with Crippen LogP contribution in [0.1, 0.15) is 59.1 Å². The van der Waals surface area contributed by atoms with Crippen molar-refractivity contribution in [2.45, 2.75) is 65.6 Å². The molecule has 0 unspecified atom stereocenters. The van der Waals surface area contributed by atoms with Gasteiger partial charge >= 0.3 is 12.1 Å². The highest BCUT2D eigenvalue weighted by Gasteiger charge is 2.39. The van der Waals surface area contributed by atoms with E-state index in [1.54, 1.807) is 4.90 Å². The van der Waals surface area contributed by atoms with Crippen LogP contribution in [-0.4, -0.2) is 52.7 Å². The Morgan fingerprint density at radius 3 is 2.47 bits per heavy atom. The molecule has 1 aromatic carbocycles. The van der Waals surface area contributed by atoms with Gasteiger partial charge in [-0.2, -0.15) is 0 Å². The molecule has 166 valence electrons. The molecule has 1 aliphatic heterocycles. The number of ether oxygens (including phenoxy) is 2. The van der Waals surface area contributed by atoms with Crippen molar-refractivity contribution in [2.24, 2.45) is 17.0 Å². The molecular weight excluding hydrogens is 384 g/mol. The number of likely N-dealkylation sites (tertiary alicyclic amines) is 1. The van der Waals surface area contributed by atoms with Gasteiger partial charge in [0.25, 0.3) is 0 Å². The highest BCUT2D eigenvalue weighted by Crippen LogP contribution is 2.30. The Kier molecular flexibility index (Phi) is 7.50. The summed E-state index contributed by atoms with van der Waals surface area (Å²) in [6.07, 6.45) is 2.19. The summed E-state index contributed by atoms with van der Waals surface area (Å²) in [5.74, 6) is -0.680. The zero-order chi connectivity index (χ0) is 22.5. The van der Waals surface area contributed by atoms with E-state index in [9.17, 15) is 9.59 Å². The van der Waals surface area contributed by atoms with Gasteiger partial charge in [-0.25, -0.2) is 4.79 Å². The molecule has 0 spiro atoms. The zero-order valence-corrected chi connectivity index (χ0v) is 18.8. The molecule has 0 aliphatic carbocycles. The minimum atomic E-state index is -0.593. The maximum atomic E-state index is 13.0. The van der Waals surface area contributed by atoms with Crippen LogP contribution in [0.2, 0.25) is 0 Å². The average Bonchev–Trinajstić information content (AvgIpc) is 3.07. The number of rotatable bonds is 5. The lowest BCUT2D eigenvalue weighted by Crippen LogP contribution is -2.38. The molecule has 0 bridgehead atoms. The van der Waals surface area contributed by atoms with Crippen molar-refractivity contribution < 1.29 is 24.3 Å². The summed E-state index contributed by atoms with van der Waals surface area (Å²) >= 11 is 0. The lowest BCUT2D eigenvalue weighted by Gasteiger charge is -2.28. The van der Waals surface area contributed by atoms with Crippen molar-refractivity contribution in [3.05, 3.63) is 35.4 Å². The Bertz CT molecular complexity index is 777. The summed E-state index contributed by atoms with van der Waals surface area (Å²) in [6.45, 7) is 12.1. The van der Waals surface area contributed by atoms with Crippen LogP contribution in [-0.2, 0) is 20.7 Å². The lowest BCUT2D eigenvalue weighted by molar-refractivity contribution is -0.161. The van der Waals surface area contributed by atoms with Crippen LogP contribution in [0.4, 0.5) is 4.79 Å². The second-order valence-electron chi connectivity index (χ2n) is 9.81. The minimum absolute atomic E-state index is 0.0254. The van der Waals surface area contributed by atoms with Crippen LogP contribution < -0.4 is 0 Å². The number of nitrogens with zero attached hydrogens (tertiary/aromatic N) is 2. The molecule has 30 heavy (non-hydrogen) atoms. The number of esters is 1. The molecule has 1 heterocycles. The van der Waals surface area contributed by atoms with Crippen LogP contribution in [0.5, 0.6) is 0 Å². The second kappa shape index (κ2) is 9.49. The van der Waals surface area contributed by atoms with Gasteiger partial charge in [0.05, 0.1) is 12.1 Å². The fraction of sp³-hybridized carbons (Fsp3) is 0.609. The van der Waals surface area contributed by atoms with E-state index in [1.165, 1.54) is 6.21 Å². The first-order valence-corrected chi connectivity index (χ1v) is 10.3. The normalized spacial score (nSPS) is 18.5. The zero-order valence-electron chi connectivity index (χ0n) is 18.8. The highest BCUT2D eigenvalue weighted by molar-refractivity contribution is 5.79. The summed E-state index contributed by atoms with van der Waals surface area (Å²) in [7, 11) is 0. The van der Waals surface area contributed by atoms with Crippen molar-refractivity contribution in [1.29, 1.82) is 0 Å². The first-order valence-electron chi connectivity index (χ1n) is 10.3. The van der Waals surface area contributed by atoms with Gasteiger partial charge in [-0.15, -0.1) is 0 Å². The topological polar surface area (TPSA) is 88.4 Å². The average molecular weight is 419 g/mol. The second-order valence-corrected chi connectivity index (χ2v) is 9.81. The Morgan fingerprint density at radius 1 is 1.20 bits per heavy atom. The van der Waals surface area contributed by atoms with Gasteiger partial charge in [0.2, 0.25) is 0 Å². The first kappa shape index (κ1) is 23.7. The van der Waals surface area contributed by atoms with E-state index in [0.717, 1.165) is 11.1 Å². The van der Waals surface area contributed by atoms with Gasteiger partial charge in [0, 0.05) is 13.1 Å². The van der Waals surface area contributed by atoms with Crippen molar-refractivity contribution >= 4 is 18.3 Å². The third kappa shape index (κ3) is 7.35. The van der Waals surface area contributed by atoms with Gasteiger partial charge < -0.3 is 19.6 Å². The number of benzene rings is 1. The smallest absolute Gasteiger partial charge is 0.410 e. The minimum Gasteiger partial charge on any atom is -0.460 e. The Balaban J connectivity index is 2.19. The molecule has 0 saturated carbocycles. The third-order valence-electron chi connectivity index (χ3n) is 4.77. The van der Waals surface area contributed by atoms with Crippen LogP contribution in [0.25, 0.3) is 0 Å². The highest BCUT2D eigenvalue weighted by atomic mass is 16.6. The van der Waals surface area contributed by atoms with E-state index >= 15 is 0 Å². The summed E-state index contributed by atoms with van der Waals surface area (Å²) in [5, 5.41) is 11.9. The van der Waals surface area contributed by atoms with Crippen molar-refractivity contribution in [2.75, 3.05) is 13.1 Å². The maximum absolute atomic E-state index is 13.0. The molecule has 1 saturated heterocycles. The summed E-state index contributed by atoms with van der Waals surface area (Å²) in [6, 6.07) is 7.51. The van der Waals surface area contributed by atoms with E-state index in [4.69, 9.17) is 14.7 Å². The monoisotopic (exact) mass is 418 g/mol. The van der Waals surface area contributed by atoms with Crippen LogP contribution in [0, 0.1) is 11.8 Å². The fourth-order valence-corrected chi connectivity index (χ4v) is 3.55. The quantitative estimate of drug-likeness (QED) is 0.334. The first-order chi connectivity index (χ1) is 13.9. The standard InChI is InChI=1S/C23H34N2O5/c1-22(2,3)29-20(26)19(13-16-8-7-9-17(12-16)14-24-28)18-10-11-25(15-18)21(27)30-23(4,5)6/h7-9,12,14,18-19,28H,10-11,13,15H2,1-6H3/t18-,19-/m0/s1. The van der Waals surface area contributed by atoms with E-state index in [0.29, 0.717) is 25.9 Å². The predicted molar refractivity (Wildman–Crippen MR) is 115 cm³/mol. The number of hydrogen-bond donors (Lipinski definition) is 1. The van der Waals surface area contributed by atoms with Crippen LogP contribution in [0.3, 0.4) is 0 Å². The molecule has 7 nitrogen and oxygen atoms in total. The maximum Gasteiger partial charge on any atom is 0.410 e. The van der Waals surface area contributed by atoms with E-state index in [2.05, 4.69) is 5.16 Å². The Labute approximate surface area is 179 Å². The molecular formula is C23H34N2O5. The van der Waals surface area contributed by atoms with Gasteiger partial charge in [-0.05, 0) is 71.4 Å². The number of carbonyl (C=O) groups excluding carboxylic acids is 2. The Hall–Kier alpha value is -2.57. The molecule has 1 N–H and O–H groups in total. The lowest BCUT2D eigenvalue weighted by atomic mass is 9.85. The molecule has 1 fully saturated rings. The molecule has 0 aromatic heterocycles. The molecule has 1 aliphatic rings. The summed E-state index contributed by atoms with van der Waals surface area (Å²) < 4.78 is 11.2. The number of amides is 1. The summed E-state index contributed by atoms with van der Waals surface area (Å²) in [5.41, 5.74) is 0.539. The summed E-state index contributed by atoms with van der Waals surface area (Å²) in [4.78, 5) is 27.2. The van der Waals surface area contributed by atoms with E-state index < -0.39 is 17.1 Å². The van der Waals surface area contributed by atoms with E-state index in [1.807, 2.05) is 65.8 Å². The van der Waals surface area contributed by atoms with Gasteiger partial charge in [0.1, 0.15) is 11.2 Å². The third-order valence-corrected chi connectivity index (χ3v) is 4.77. The Morgan fingerprint density at radius 2 is 1.87 bits per heavy atom. The molecule has 7 heteroatoms. The SMILES string of the molecule is CC(C)(C)OC(=O)[C@@H](Cc1cccc(C=NO)c1)[C@H]1CCN(C(=O)OC(C)(C)C)C1. The van der Waals surface area contributed by atoms with Gasteiger partial charge in [-0.3, -0.25) is 4.79 Å². The number of carbonyl (C=O) groups is 2. The van der Waals surface area contributed by atoms with E-state index in [-0.39, 0.29) is 18.0 Å². The van der Waals surface area contributed by atoms with Crippen molar-refractivity contribution in [3.63, 3.8) is 0 Å². The predicted octanol–water partition coefficient (Wildman–Crippen LogP) is 4.25.